The molecule has 0 fully saturated rings. The van der Waals surface area contributed by atoms with Crippen LogP contribution in [0.15, 0.2) is 48.5 Å². The highest BCUT2D eigenvalue weighted by Crippen LogP contribution is 2.23. The van der Waals surface area contributed by atoms with Crippen molar-refractivity contribution in [1.29, 1.82) is 0 Å². The number of hydrogen-bond acceptors (Lipinski definition) is 6. The van der Waals surface area contributed by atoms with Gasteiger partial charge in [0.2, 0.25) is 0 Å². The van der Waals surface area contributed by atoms with Crippen LogP contribution in [0.2, 0.25) is 0 Å². The van der Waals surface area contributed by atoms with E-state index < -0.39 is 27.1 Å². The molecule has 0 unspecified atom stereocenters. The first-order chi connectivity index (χ1) is 11.9. The predicted octanol–water partition coefficient (Wildman–Crippen LogP) is 2.65. The third-order valence-corrected chi connectivity index (χ3v) is 3.36. The van der Waals surface area contributed by atoms with Crippen LogP contribution in [0.4, 0.5) is 11.4 Å². The molecule has 0 atom stereocenters. The van der Waals surface area contributed by atoms with E-state index in [4.69, 9.17) is 4.74 Å². The maximum atomic E-state index is 12.4. The standard InChI is InChI=1S/C16H15N3O6/c1-17(7-8-25-15-5-3-2-4-6-15)16(20)12-9-13(18(21)22)11-14(10-12)19(23)24/h2-6,9-11H,7-8H2,1H3. The molecule has 9 nitrogen and oxygen atoms in total. The number of non-ortho nitro benzene ring substituents is 2. The van der Waals surface area contributed by atoms with Crippen LogP contribution in [0.1, 0.15) is 10.4 Å². The van der Waals surface area contributed by atoms with Gasteiger partial charge in [-0.15, -0.1) is 0 Å². The zero-order valence-corrected chi connectivity index (χ0v) is 13.3. The Hall–Kier alpha value is -3.49. The number of amides is 1. The smallest absolute Gasteiger partial charge is 0.277 e. The first-order valence-electron chi connectivity index (χ1n) is 7.25. The summed E-state index contributed by atoms with van der Waals surface area (Å²) in [6, 6.07) is 11.9. The summed E-state index contributed by atoms with van der Waals surface area (Å²) in [5.41, 5.74) is -1.14. The van der Waals surface area contributed by atoms with E-state index in [1.54, 1.807) is 12.1 Å². The van der Waals surface area contributed by atoms with Gasteiger partial charge < -0.3 is 9.64 Å². The van der Waals surface area contributed by atoms with Crippen molar-refractivity contribution >= 4 is 17.3 Å². The van der Waals surface area contributed by atoms with E-state index in [0.29, 0.717) is 5.75 Å². The Labute approximate surface area is 142 Å². The van der Waals surface area contributed by atoms with E-state index in [0.717, 1.165) is 18.2 Å². The fourth-order valence-corrected chi connectivity index (χ4v) is 2.07. The Kier molecular flexibility index (Phi) is 5.62. The number of para-hydroxylation sites is 1. The molecule has 25 heavy (non-hydrogen) atoms. The summed E-state index contributed by atoms with van der Waals surface area (Å²) >= 11 is 0. The van der Waals surface area contributed by atoms with Crippen LogP contribution < -0.4 is 4.74 Å². The van der Waals surface area contributed by atoms with Crippen LogP contribution in [0.3, 0.4) is 0 Å². The maximum absolute atomic E-state index is 12.4. The summed E-state index contributed by atoms with van der Waals surface area (Å²) in [4.78, 5) is 33.9. The molecule has 0 N–H and O–H groups in total. The topological polar surface area (TPSA) is 116 Å². The quantitative estimate of drug-likeness (QED) is 0.562. The average Bonchev–Trinajstić information content (AvgIpc) is 2.61. The van der Waals surface area contributed by atoms with Crippen molar-refractivity contribution in [3.05, 3.63) is 74.3 Å². The van der Waals surface area contributed by atoms with Gasteiger partial charge in [0.05, 0.1) is 28.0 Å². The first-order valence-corrected chi connectivity index (χ1v) is 7.25. The Balaban J connectivity index is 2.07. The van der Waals surface area contributed by atoms with E-state index in [9.17, 15) is 25.0 Å². The molecule has 0 aliphatic heterocycles. The molecule has 0 spiro atoms. The Morgan fingerprint density at radius 1 is 1.04 bits per heavy atom. The minimum absolute atomic E-state index is 0.122. The lowest BCUT2D eigenvalue weighted by Gasteiger charge is -2.17. The van der Waals surface area contributed by atoms with Gasteiger partial charge in [-0.1, -0.05) is 18.2 Å². The highest BCUT2D eigenvalue weighted by Gasteiger charge is 2.21. The first kappa shape index (κ1) is 17.9. The van der Waals surface area contributed by atoms with Crippen molar-refractivity contribution in [2.24, 2.45) is 0 Å². The predicted molar refractivity (Wildman–Crippen MR) is 88.6 cm³/mol. The molecule has 0 aromatic heterocycles. The Bertz CT molecular complexity index is 761. The van der Waals surface area contributed by atoms with E-state index in [1.807, 2.05) is 18.2 Å². The lowest BCUT2D eigenvalue weighted by molar-refractivity contribution is -0.394. The van der Waals surface area contributed by atoms with Crippen molar-refractivity contribution in [2.45, 2.75) is 0 Å². The van der Waals surface area contributed by atoms with Gasteiger partial charge in [0.1, 0.15) is 12.4 Å². The molecule has 0 aliphatic rings. The third kappa shape index (κ3) is 4.74. The van der Waals surface area contributed by atoms with Gasteiger partial charge >= 0.3 is 0 Å². The number of nitro groups is 2. The van der Waals surface area contributed by atoms with Crippen LogP contribution in [-0.4, -0.2) is 40.9 Å². The van der Waals surface area contributed by atoms with Gasteiger partial charge in [-0.05, 0) is 12.1 Å². The van der Waals surface area contributed by atoms with Gasteiger partial charge in [0.25, 0.3) is 17.3 Å². The molecule has 0 bridgehead atoms. The van der Waals surface area contributed by atoms with E-state index in [1.165, 1.54) is 11.9 Å². The molecule has 0 saturated heterocycles. The molecule has 130 valence electrons. The molecule has 0 heterocycles. The fourth-order valence-electron chi connectivity index (χ4n) is 2.07. The third-order valence-electron chi connectivity index (χ3n) is 3.36. The number of likely N-dealkylation sites (N-methyl/N-ethyl adjacent to an activating group) is 1. The van der Waals surface area contributed by atoms with Crippen molar-refractivity contribution in [3.63, 3.8) is 0 Å². The van der Waals surface area contributed by atoms with Crippen LogP contribution in [0, 0.1) is 20.2 Å². The normalized spacial score (nSPS) is 10.1. The number of carbonyl (C=O) groups is 1. The molecule has 2 aromatic carbocycles. The minimum atomic E-state index is -0.776. The lowest BCUT2D eigenvalue weighted by Crippen LogP contribution is -2.31. The molecule has 2 rings (SSSR count). The SMILES string of the molecule is CN(CCOc1ccccc1)C(=O)c1cc([N+](=O)[O-])cc([N+](=O)[O-])c1. The lowest BCUT2D eigenvalue weighted by atomic mass is 10.1. The summed E-state index contributed by atoms with van der Waals surface area (Å²) in [6.45, 7) is 0.424. The van der Waals surface area contributed by atoms with E-state index >= 15 is 0 Å². The minimum Gasteiger partial charge on any atom is -0.492 e. The summed E-state index contributed by atoms with van der Waals surface area (Å²) in [5.74, 6) is 0.0813. The summed E-state index contributed by atoms with van der Waals surface area (Å²) in [6.07, 6.45) is 0. The maximum Gasteiger partial charge on any atom is 0.277 e. The molecule has 2 aromatic rings. The molecule has 0 saturated carbocycles. The second kappa shape index (κ2) is 7.86. The van der Waals surface area contributed by atoms with Gasteiger partial charge in [0.15, 0.2) is 0 Å². The number of benzene rings is 2. The second-order valence-corrected chi connectivity index (χ2v) is 5.14. The molecule has 1 amide bonds. The molecule has 9 heteroatoms. The summed E-state index contributed by atoms with van der Waals surface area (Å²) < 4.78 is 5.48. The molecular formula is C16H15N3O6. The zero-order chi connectivity index (χ0) is 18.4. The summed E-state index contributed by atoms with van der Waals surface area (Å²) in [5, 5.41) is 21.8. The number of rotatable bonds is 7. The molecular weight excluding hydrogens is 330 g/mol. The van der Waals surface area contributed by atoms with E-state index in [2.05, 4.69) is 0 Å². The van der Waals surface area contributed by atoms with Crippen molar-refractivity contribution in [1.82, 2.24) is 4.90 Å². The number of nitrogens with zero attached hydrogens (tertiary/aromatic N) is 3. The highest BCUT2D eigenvalue weighted by atomic mass is 16.6. The molecule has 0 aliphatic carbocycles. The van der Waals surface area contributed by atoms with Crippen molar-refractivity contribution in [3.8, 4) is 5.75 Å². The number of nitro benzene ring substituents is 2. The second-order valence-electron chi connectivity index (χ2n) is 5.14. The van der Waals surface area contributed by atoms with Crippen LogP contribution in [0.5, 0.6) is 5.75 Å². The average molecular weight is 345 g/mol. The van der Waals surface area contributed by atoms with Crippen LogP contribution in [0.25, 0.3) is 0 Å². The zero-order valence-electron chi connectivity index (χ0n) is 13.3. The van der Waals surface area contributed by atoms with Gasteiger partial charge in [0, 0.05) is 19.2 Å². The fraction of sp³-hybridized carbons (Fsp3) is 0.188. The van der Waals surface area contributed by atoms with Gasteiger partial charge in [-0.2, -0.15) is 0 Å². The van der Waals surface area contributed by atoms with Gasteiger partial charge in [-0.3, -0.25) is 25.0 Å². The molecule has 0 radical (unpaired) electrons. The van der Waals surface area contributed by atoms with Gasteiger partial charge in [-0.25, -0.2) is 0 Å². The Morgan fingerprint density at radius 2 is 1.60 bits per heavy atom. The van der Waals surface area contributed by atoms with Crippen LogP contribution >= 0.6 is 0 Å². The van der Waals surface area contributed by atoms with Crippen molar-refractivity contribution < 1.29 is 19.4 Å². The number of carbonyl (C=O) groups excluding carboxylic acids is 1. The van der Waals surface area contributed by atoms with E-state index in [-0.39, 0.29) is 18.7 Å². The Morgan fingerprint density at radius 3 is 2.12 bits per heavy atom. The number of hydrogen-bond donors (Lipinski definition) is 0. The van der Waals surface area contributed by atoms with Crippen molar-refractivity contribution in [2.75, 3.05) is 20.2 Å². The number of ether oxygens (including phenoxy) is 1. The van der Waals surface area contributed by atoms with Crippen LogP contribution in [-0.2, 0) is 0 Å². The largest absolute Gasteiger partial charge is 0.492 e. The summed E-state index contributed by atoms with van der Waals surface area (Å²) in [7, 11) is 1.49. The highest BCUT2D eigenvalue weighted by molar-refractivity contribution is 5.95. The monoisotopic (exact) mass is 345 g/mol.